The fourth-order valence-corrected chi connectivity index (χ4v) is 1.90. The van der Waals surface area contributed by atoms with E-state index < -0.39 is 44.6 Å². The number of hydrogen-bond donors (Lipinski definition) is 1. The first-order valence-corrected chi connectivity index (χ1v) is 7.02. The van der Waals surface area contributed by atoms with Crippen LogP contribution in [0.1, 0.15) is 24.2 Å². The molecule has 0 saturated carbocycles. The molecule has 0 bridgehead atoms. The van der Waals surface area contributed by atoms with Crippen molar-refractivity contribution >= 4 is 21.5 Å². The monoisotopic (exact) mass is 277 g/mol. The molecule has 0 spiro atoms. The summed E-state index contributed by atoms with van der Waals surface area (Å²) in [5.41, 5.74) is -1.17. The van der Waals surface area contributed by atoms with Gasteiger partial charge in [-0.2, -0.15) is 0 Å². The minimum Gasteiger partial charge on any atom is -0.294 e. The van der Waals surface area contributed by atoms with Crippen molar-refractivity contribution in [2.24, 2.45) is 5.92 Å². The summed E-state index contributed by atoms with van der Waals surface area (Å²) in [6.45, 7) is 3.00. The highest BCUT2D eigenvalue weighted by Gasteiger charge is 2.23. The maximum atomic E-state index is 13.9. The van der Waals surface area contributed by atoms with E-state index in [9.17, 15) is 22.0 Å². The molecule has 1 aromatic carbocycles. The highest BCUT2D eigenvalue weighted by Crippen LogP contribution is 2.24. The predicted molar refractivity (Wildman–Crippen MR) is 64.0 cm³/mol. The van der Waals surface area contributed by atoms with Gasteiger partial charge >= 0.3 is 0 Å². The number of sulfonamides is 1. The fourth-order valence-electron chi connectivity index (χ4n) is 1.35. The summed E-state index contributed by atoms with van der Waals surface area (Å²) < 4.78 is 51.2. The van der Waals surface area contributed by atoms with Crippen molar-refractivity contribution in [1.82, 2.24) is 0 Å². The third-order valence-electron chi connectivity index (χ3n) is 2.16. The van der Waals surface area contributed by atoms with E-state index in [0.717, 1.165) is 18.4 Å². The molecule has 4 nitrogen and oxygen atoms in total. The van der Waals surface area contributed by atoms with Crippen LogP contribution >= 0.6 is 0 Å². The second kappa shape index (κ2) is 5.01. The van der Waals surface area contributed by atoms with Gasteiger partial charge in [0.25, 0.3) is 0 Å². The largest absolute Gasteiger partial charge is 0.294 e. The number of anilines is 1. The molecule has 0 fully saturated rings. The van der Waals surface area contributed by atoms with Crippen molar-refractivity contribution in [2.45, 2.75) is 13.8 Å². The Morgan fingerprint density at radius 2 is 1.83 bits per heavy atom. The van der Waals surface area contributed by atoms with Crippen molar-refractivity contribution in [1.29, 1.82) is 0 Å². The SMILES string of the molecule is CC(C)C(=O)c1c(F)ccc(NS(C)(=O)=O)c1F. The average molecular weight is 277 g/mol. The summed E-state index contributed by atoms with van der Waals surface area (Å²) in [5, 5.41) is 0. The highest BCUT2D eigenvalue weighted by molar-refractivity contribution is 7.92. The molecule has 0 atom stereocenters. The molecule has 0 aliphatic rings. The van der Waals surface area contributed by atoms with Crippen LogP contribution in [-0.4, -0.2) is 20.5 Å². The lowest BCUT2D eigenvalue weighted by Gasteiger charge is -2.11. The van der Waals surface area contributed by atoms with Crippen LogP contribution in [0.3, 0.4) is 0 Å². The number of carbonyl (C=O) groups excluding carboxylic acids is 1. The molecular weight excluding hydrogens is 264 g/mol. The van der Waals surface area contributed by atoms with Gasteiger partial charge in [-0.15, -0.1) is 0 Å². The van der Waals surface area contributed by atoms with Crippen LogP contribution in [0.5, 0.6) is 0 Å². The van der Waals surface area contributed by atoms with E-state index in [0.29, 0.717) is 0 Å². The van der Waals surface area contributed by atoms with Crippen LogP contribution in [0, 0.1) is 17.6 Å². The number of rotatable bonds is 4. The Morgan fingerprint density at radius 3 is 2.28 bits per heavy atom. The smallest absolute Gasteiger partial charge is 0.229 e. The zero-order valence-corrected chi connectivity index (χ0v) is 10.9. The van der Waals surface area contributed by atoms with Crippen LogP contribution in [0.25, 0.3) is 0 Å². The normalized spacial score (nSPS) is 11.7. The van der Waals surface area contributed by atoms with Gasteiger partial charge in [0, 0.05) is 5.92 Å². The summed E-state index contributed by atoms with van der Waals surface area (Å²) in [4.78, 5) is 11.6. The van der Waals surface area contributed by atoms with Crippen LogP contribution < -0.4 is 4.72 Å². The third kappa shape index (κ3) is 3.25. The zero-order chi connectivity index (χ0) is 14.1. The van der Waals surface area contributed by atoms with Crippen molar-refractivity contribution in [2.75, 3.05) is 11.0 Å². The van der Waals surface area contributed by atoms with E-state index in [2.05, 4.69) is 0 Å². The predicted octanol–water partition coefficient (Wildman–Crippen LogP) is 2.17. The van der Waals surface area contributed by atoms with E-state index >= 15 is 0 Å². The molecule has 1 N–H and O–H groups in total. The Morgan fingerprint density at radius 1 is 1.28 bits per heavy atom. The highest BCUT2D eigenvalue weighted by atomic mass is 32.2. The summed E-state index contributed by atoms with van der Waals surface area (Å²) in [6.07, 6.45) is 0.833. The molecule has 1 rings (SSSR count). The first-order valence-electron chi connectivity index (χ1n) is 5.13. The number of carbonyl (C=O) groups is 1. The van der Waals surface area contributed by atoms with Crippen LogP contribution in [0.15, 0.2) is 12.1 Å². The first-order chi connectivity index (χ1) is 8.13. The second-order valence-electron chi connectivity index (χ2n) is 4.18. The third-order valence-corrected chi connectivity index (χ3v) is 2.75. The molecule has 0 aliphatic carbocycles. The number of hydrogen-bond acceptors (Lipinski definition) is 3. The summed E-state index contributed by atoms with van der Waals surface area (Å²) in [5.74, 6) is -3.52. The molecule has 0 heterocycles. The number of benzene rings is 1. The minimum atomic E-state index is -3.70. The Hall–Kier alpha value is -1.50. The van der Waals surface area contributed by atoms with Crippen molar-refractivity contribution in [3.63, 3.8) is 0 Å². The summed E-state index contributed by atoms with van der Waals surface area (Å²) >= 11 is 0. The molecule has 1 aromatic rings. The number of halogens is 2. The Bertz CT molecular complexity index is 582. The average Bonchev–Trinajstić information content (AvgIpc) is 2.20. The molecule has 100 valence electrons. The maximum absolute atomic E-state index is 13.9. The van der Waals surface area contributed by atoms with Crippen LogP contribution in [0.4, 0.5) is 14.5 Å². The molecule has 18 heavy (non-hydrogen) atoms. The lowest BCUT2D eigenvalue weighted by atomic mass is 9.99. The number of Topliss-reactive ketones (excluding diaryl/α,β-unsaturated/α-hetero) is 1. The first kappa shape index (κ1) is 14.6. The van der Waals surface area contributed by atoms with Crippen LogP contribution in [-0.2, 0) is 10.0 Å². The van der Waals surface area contributed by atoms with Gasteiger partial charge in [0.05, 0.1) is 17.5 Å². The molecule has 0 saturated heterocycles. The van der Waals surface area contributed by atoms with Crippen molar-refractivity contribution in [3.8, 4) is 0 Å². The topological polar surface area (TPSA) is 63.2 Å². The second-order valence-corrected chi connectivity index (χ2v) is 5.93. The van der Waals surface area contributed by atoms with E-state index in [4.69, 9.17) is 0 Å². The fraction of sp³-hybridized carbons (Fsp3) is 0.364. The Balaban J connectivity index is 3.36. The molecule has 0 aromatic heterocycles. The quantitative estimate of drug-likeness (QED) is 0.858. The standard InChI is InChI=1S/C11H13F2NO3S/c1-6(2)11(15)9-7(12)4-5-8(10(9)13)14-18(3,16)17/h4-6,14H,1-3H3. The van der Waals surface area contributed by atoms with Gasteiger partial charge < -0.3 is 0 Å². The molecule has 0 unspecified atom stereocenters. The maximum Gasteiger partial charge on any atom is 0.229 e. The molecular formula is C11H13F2NO3S. The van der Waals surface area contributed by atoms with Gasteiger partial charge in [-0.3, -0.25) is 9.52 Å². The van der Waals surface area contributed by atoms with Gasteiger partial charge in [0.2, 0.25) is 10.0 Å². The summed E-state index contributed by atoms with van der Waals surface area (Å²) in [7, 11) is -3.70. The van der Waals surface area contributed by atoms with E-state index in [1.165, 1.54) is 13.8 Å². The van der Waals surface area contributed by atoms with Crippen molar-refractivity contribution in [3.05, 3.63) is 29.3 Å². The molecule has 7 heteroatoms. The summed E-state index contributed by atoms with van der Waals surface area (Å²) in [6, 6.07) is 1.79. The zero-order valence-electron chi connectivity index (χ0n) is 10.1. The van der Waals surface area contributed by atoms with Gasteiger partial charge in [0.15, 0.2) is 11.6 Å². The molecule has 0 amide bonds. The van der Waals surface area contributed by atoms with E-state index in [1.807, 2.05) is 4.72 Å². The van der Waals surface area contributed by atoms with Crippen molar-refractivity contribution < 1.29 is 22.0 Å². The Labute approximate surface area is 104 Å². The Kier molecular flexibility index (Phi) is 4.05. The van der Waals surface area contributed by atoms with Gasteiger partial charge in [-0.1, -0.05) is 13.8 Å². The lowest BCUT2D eigenvalue weighted by molar-refractivity contribution is 0.0931. The van der Waals surface area contributed by atoms with Gasteiger partial charge in [-0.25, -0.2) is 17.2 Å². The van der Waals surface area contributed by atoms with E-state index in [1.54, 1.807) is 0 Å². The number of nitrogens with one attached hydrogen (secondary N) is 1. The van der Waals surface area contributed by atoms with Gasteiger partial charge in [-0.05, 0) is 12.1 Å². The molecule has 0 aliphatic heterocycles. The van der Waals surface area contributed by atoms with E-state index in [-0.39, 0.29) is 0 Å². The van der Waals surface area contributed by atoms with Crippen LogP contribution in [0.2, 0.25) is 0 Å². The number of ketones is 1. The van der Waals surface area contributed by atoms with Gasteiger partial charge in [0.1, 0.15) is 5.82 Å². The molecule has 0 radical (unpaired) electrons. The lowest BCUT2D eigenvalue weighted by Crippen LogP contribution is -2.16. The minimum absolute atomic E-state index is 0.442.